The highest BCUT2D eigenvalue weighted by atomic mass is 16.5. The summed E-state index contributed by atoms with van der Waals surface area (Å²) in [6.07, 6.45) is 3.16. The molecular weight excluding hydrogens is 208 g/mol. The zero-order valence-electron chi connectivity index (χ0n) is 9.87. The van der Waals surface area contributed by atoms with Crippen molar-refractivity contribution in [2.75, 3.05) is 26.8 Å². The second kappa shape index (κ2) is 7.60. The topological polar surface area (TPSA) is 70.6 Å². The van der Waals surface area contributed by atoms with E-state index in [1.165, 1.54) is 0 Å². The lowest BCUT2D eigenvalue weighted by Gasteiger charge is -2.10. The standard InChI is InChI=1S/C11H22N2O3/c1-16-8-10(14)7-12-6-2-3-11(15)13-9-4-5-9/h9-10,12,14H,2-8H2,1H3,(H,13,15). The van der Waals surface area contributed by atoms with Gasteiger partial charge in [-0.1, -0.05) is 0 Å². The lowest BCUT2D eigenvalue weighted by Crippen LogP contribution is -2.31. The molecule has 16 heavy (non-hydrogen) atoms. The molecule has 5 heteroatoms. The van der Waals surface area contributed by atoms with Crippen molar-refractivity contribution in [1.82, 2.24) is 10.6 Å². The summed E-state index contributed by atoms with van der Waals surface area (Å²) in [5, 5.41) is 15.3. The number of amides is 1. The molecule has 1 amide bonds. The number of hydrogen-bond donors (Lipinski definition) is 3. The molecule has 1 saturated carbocycles. The van der Waals surface area contributed by atoms with Crippen LogP contribution in [-0.4, -0.2) is 50.0 Å². The maximum atomic E-state index is 11.3. The average Bonchev–Trinajstić information content (AvgIpc) is 3.01. The second-order valence-electron chi connectivity index (χ2n) is 4.26. The molecule has 5 nitrogen and oxygen atoms in total. The Labute approximate surface area is 96.6 Å². The van der Waals surface area contributed by atoms with Crippen LogP contribution in [0, 0.1) is 0 Å². The third kappa shape index (κ3) is 6.76. The van der Waals surface area contributed by atoms with Crippen molar-refractivity contribution in [3.8, 4) is 0 Å². The van der Waals surface area contributed by atoms with Crippen molar-refractivity contribution < 1.29 is 14.6 Å². The van der Waals surface area contributed by atoms with Gasteiger partial charge in [-0.2, -0.15) is 0 Å². The molecule has 0 heterocycles. The van der Waals surface area contributed by atoms with Crippen LogP contribution in [0.1, 0.15) is 25.7 Å². The molecule has 3 N–H and O–H groups in total. The summed E-state index contributed by atoms with van der Waals surface area (Å²) < 4.78 is 4.80. The fraction of sp³-hybridized carbons (Fsp3) is 0.909. The van der Waals surface area contributed by atoms with E-state index in [9.17, 15) is 9.90 Å². The SMILES string of the molecule is COCC(O)CNCCCC(=O)NC1CC1. The first-order chi connectivity index (χ1) is 7.72. The van der Waals surface area contributed by atoms with Gasteiger partial charge in [-0.15, -0.1) is 0 Å². The Bertz CT molecular complexity index is 207. The number of rotatable bonds is 9. The maximum Gasteiger partial charge on any atom is 0.220 e. The normalized spacial score (nSPS) is 17.1. The van der Waals surface area contributed by atoms with Crippen LogP contribution in [0.2, 0.25) is 0 Å². The second-order valence-corrected chi connectivity index (χ2v) is 4.26. The molecule has 0 aromatic rings. The van der Waals surface area contributed by atoms with Gasteiger partial charge < -0.3 is 20.5 Å². The van der Waals surface area contributed by atoms with Crippen molar-refractivity contribution in [2.24, 2.45) is 0 Å². The first-order valence-corrected chi connectivity index (χ1v) is 5.89. The number of carbonyl (C=O) groups is 1. The first kappa shape index (κ1) is 13.4. The zero-order valence-corrected chi connectivity index (χ0v) is 9.87. The maximum absolute atomic E-state index is 11.3. The largest absolute Gasteiger partial charge is 0.389 e. The minimum Gasteiger partial charge on any atom is -0.389 e. The number of aliphatic hydroxyl groups is 1. The van der Waals surface area contributed by atoms with E-state index in [1.807, 2.05) is 0 Å². The van der Waals surface area contributed by atoms with Crippen LogP contribution in [-0.2, 0) is 9.53 Å². The lowest BCUT2D eigenvalue weighted by molar-refractivity contribution is -0.121. The molecule has 0 spiro atoms. The predicted octanol–water partition coefficient (Wildman–Crippen LogP) is -0.358. The van der Waals surface area contributed by atoms with E-state index in [0.717, 1.165) is 25.8 Å². The number of carbonyl (C=O) groups excluding carboxylic acids is 1. The Morgan fingerprint density at radius 2 is 2.31 bits per heavy atom. The number of ether oxygens (including phenoxy) is 1. The molecule has 1 aliphatic rings. The summed E-state index contributed by atoms with van der Waals surface area (Å²) in [6, 6.07) is 0.448. The monoisotopic (exact) mass is 230 g/mol. The van der Waals surface area contributed by atoms with Crippen molar-refractivity contribution >= 4 is 5.91 Å². The molecule has 94 valence electrons. The molecular formula is C11H22N2O3. The van der Waals surface area contributed by atoms with Gasteiger partial charge in [0.25, 0.3) is 0 Å². The van der Waals surface area contributed by atoms with Gasteiger partial charge in [-0.25, -0.2) is 0 Å². The van der Waals surface area contributed by atoms with Gasteiger partial charge in [0, 0.05) is 26.1 Å². The highest BCUT2D eigenvalue weighted by Crippen LogP contribution is 2.18. The van der Waals surface area contributed by atoms with Crippen LogP contribution in [0.3, 0.4) is 0 Å². The van der Waals surface area contributed by atoms with E-state index in [1.54, 1.807) is 7.11 Å². The smallest absolute Gasteiger partial charge is 0.220 e. The highest BCUT2D eigenvalue weighted by molar-refractivity contribution is 5.76. The highest BCUT2D eigenvalue weighted by Gasteiger charge is 2.22. The Morgan fingerprint density at radius 1 is 1.56 bits per heavy atom. The molecule has 0 saturated heterocycles. The molecule has 1 aliphatic carbocycles. The molecule has 0 aliphatic heterocycles. The molecule has 1 fully saturated rings. The van der Waals surface area contributed by atoms with E-state index >= 15 is 0 Å². The quantitative estimate of drug-likeness (QED) is 0.473. The summed E-state index contributed by atoms with van der Waals surface area (Å²) in [6.45, 7) is 1.60. The van der Waals surface area contributed by atoms with Crippen LogP contribution >= 0.6 is 0 Å². The van der Waals surface area contributed by atoms with Crippen molar-refractivity contribution in [3.05, 3.63) is 0 Å². The van der Waals surface area contributed by atoms with Gasteiger partial charge in [-0.05, 0) is 25.8 Å². The zero-order chi connectivity index (χ0) is 11.8. The summed E-state index contributed by atoms with van der Waals surface area (Å²) in [4.78, 5) is 11.3. The number of aliphatic hydroxyl groups excluding tert-OH is 1. The van der Waals surface area contributed by atoms with E-state index < -0.39 is 6.10 Å². The van der Waals surface area contributed by atoms with Gasteiger partial charge in [0.1, 0.15) is 0 Å². The summed E-state index contributed by atoms with van der Waals surface area (Å²) in [5.74, 6) is 0.140. The molecule has 0 aromatic heterocycles. The van der Waals surface area contributed by atoms with Crippen molar-refractivity contribution in [1.29, 1.82) is 0 Å². The fourth-order valence-electron chi connectivity index (χ4n) is 1.42. The number of hydrogen-bond acceptors (Lipinski definition) is 4. The number of nitrogens with one attached hydrogen (secondary N) is 2. The lowest BCUT2D eigenvalue weighted by atomic mass is 10.3. The summed E-state index contributed by atoms with van der Waals surface area (Å²) in [7, 11) is 1.56. The summed E-state index contributed by atoms with van der Waals surface area (Å²) >= 11 is 0. The van der Waals surface area contributed by atoms with Gasteiger partial charge in [0.2, 0.25) is 5.91 Å². The molecule has 1 unspecified atom stereocenters. The van der Waals surface area contributed by atoms with Crippen LogP contribution in [0.4, 0.5) is 0 Å². The Morgan fingerprint density at radius 3 is 2.94 bits per heavy atom. The predicted molar refractivity (Wildman–Crippen MR) is 61.2 cm³/mol. The number of methoxy groups -OCH3 is 1. The van der Waals surface area contributed by atoms with E-state index in [2.05, 4.69) is 10.6 Å². The fourth-order valence-corrected chi connectivity index (χ4v) is 1.42. The van der Waals surface area contributed by atoms with Crippen LogP contribution in [0.25, 0.3) is 0 Å². The molecule has 1 atom stereocenters. The van der Waals surface area contributed by atoms with Gasteiger partial charge >= 0.3 is 0 Å². The van der Waals surface area contributed by atoms with Gasteiger partial charge in [-0.3, -0.25) is 4.79 Å². The summed E-state index contributed by atoms with van der Waals surface area (Å²) in [5.41, 5.74) is 0. The van der Waals surface area contributed by atoms with Gasteiger partial charge in [0.05, 0.1) is 12.7 Å². The minimum absolute atomic E-state index is 0.140. The van der Waals surface area contributed by atoms with Crippen molar-refractivity contribution in [2.45, 2.75) is 37.8 Å². The van der Waals surface area contributed by atoms with Gasteiger partial charge in [0.15, 0.2) is 0 Å². The molecule has 1 rings (SSSR count). The third-order valence-corrected chi connectivity index (χ3v) is 2.44. The van der Waals surface area contributed by atoms with E-state index in [0.29, 0.717) is 25.6 Å². The van der Waals surface area contributed by atoms with Crippen molar-refractivity contribution in [3.63, 3.8) is 0 Å². The third-order valence-electron chi connectivity index (χ3n) is 2.44. The molecule has 0 bridgehead atoms. The Hall–Kier alpha value is -0.650. The van der Waals surface area contributed by atoms with Crippen LogP contribution in [0.15, 0.2) is 0 Å². The Kier molecular flexibility index (Phi) is 6.37. The molecule has 0 radical (unpaired) electrons. The van der Waals surface area contributed by atoms with E-state index in [-0.39, 0.29) is 5.91 Å². The average molecular weight is 230 g/mol. The molecule has 0 aromatic carbocycles. The van der Waals surface area contributed by atoms with Crippen LogP contribution < -0.4 is 10.6 Å². The Balaban J connectivity index is 1.84. The van der Waals surface area contributed by atoms with E-state index in [4.69, 9.17) is 4.74 Å². The van der Waals surface area contributed by atoms with Crippen LogP contribution in [0.5, 0.6) is 0 Å². The first-order valence-electron chi connectivity index (χ1n) is 5.89. The minimum atomic E-state index is -0.467.